The number of hydrogen-bond acceptors (Lipinski definition) is 3. The molecule has 0 radical (unpaired) electrons. The van der Waals surface area contributed by atoms with Gasteiger partial charge in [0, 0.05) is 0 Å². The van der Waals surface area contributed by atoms with E-state index in [1.165, 1.54) is 77.0 Å². The van der Waals surface area contributed by atoms with Crippen LogP contribution in [0.15, 0.2) is 0 Å². The highest BCUT2D eigenvalue weighted by Crippen LogP contribution is 2.31. The summed E-state index contributed by atoms with van der Waals surface area (Å²) in [6.07, 6.45) is 21.2. The maximum atomic E-state index is 12.4. The van der Waals surface area contributed by atoms with Crippen LogP contribution in [0.4, 0.5) is 0 Å². The highest BCUT2D eigenvalue weighted by Gasteiger charge is 2.37. The van der Waals surface area contributed by atoms with E-state index in [4.69, 9.17) is 4.74 Å². The molecule has 4 nitrogen and oxygen atoms in total. The number of hydrogen-bond donors (Lipinski definition) is 1. The van der Waals surface area contributed by atoms with Crippen molar-refractivity contribution in [2.45, 2.75) is 136 Å². The molecule has 29 heavy (non-hydrogen) atoms. The minimum atomic E-state index is -0.851. The lowest BCUT2D eigenvalue weighted by atomic mass is 9.79. The predicted molar refractivity (Wildman–Crippen MR) is 119 cm³/mol. The first kappa shape index (κ1) is 26.0. The summed E-state index contributed by atoms with van der Waals surface area (Å²) in [5, 5.41) is 9.32. The molecular weight excluding hydrogens is 364 g/mol. The molecule has 0 heterocycles. The Morgan fingerprint density at radius 1 is 0.793 bits per heavy atom. The van der Waals surface area contributed by atoms with Gasteiger partial charge in [0.05, 0.1) is 17.9 Å². The van der Waals surface area contributed by atoms with E-state index in [9.17, 15) is 14.7 Å². The second kappa shape index (κ2) is 16.7. The molecule has 1 rings (SSSR count). The van der Waals surface area contributed by atoms with Gasteiger partial charge in [0.25, 0.3) is 0 Å². The van der Waals surface area contributed by atoms with Crippen molar-refractivity contribution >= 4 is 11.9 Å². The van der Waals surface area contributed by atoms with E-state index in [2.05, 4.69) is 6.92 Å². The number of carboxylic acid groups (broad SMARTS) is 1. The monoisotopic (exact) mass is 410 g/mol. The number of aliphatic carboxylic acids is 1. The molecule has 1 aliphatic rings. The van der Waals surface area contributed by atoms with Crippen LogP contribution in [0.2, 0.25) is 0 Å². The van der Waals surface area contributed by atoms with Gasteiger partial charge in [-0.25, -0.2) is 0 Å². The van der Waals surface area contributed by atoms with Crippen molar-refractivity contribution in [1.82, 2.24) is 0 Å². The molecule has 170 valence electrons. The number of unbranched alkanes of at least 4 members (excludes halogenated alkanes) is 12. The summed E-state index contributed by atoms with van der Waals surface area (Å²) in [6.45, 7) is 4.21. The predicted octanol–water partition coefficient (Wildman–Crippen LogP) is 7.29. The van der Waals surface area contributed by atoms with Gasteiger partial charge in [0.1, 0.15) is 0 Å². The molecule has 1 saturated carbocycles. The first-order valence-corrected chi connectivity index (χ1v) is 12.5. The number of esters is 1. The van der Waals surface area contributed by atoms with Crippen molar-refractivity contribution in [1.29, 1.82) is 0 Å². The second-order valence-corrected chi connectivity index (χ2v) is 9.11. The quantitative estimate of drug-likeness (QED) is 0.202. The van der Waals surface area contributed by atoms with Crippen molar-refractivity contribution in [2.75, 3.05) is 0 Å². The van der Waals surface area contributed by atoms with Crippen LogP contribution in [-0.2, 0) is 14.3 Å². The highest BCUT2D eigenvalue weighted by molar-refractivity contribution is 5.81. The molecule has 3 atom stereocenters. The zero-order chi connectivity index (χ0) is 21.3. The topological polar surface area (TPSA) is 63.6 Å². The van der Waals surface area contributed by atoms with Gasteiger partial charge in [0.15, 0.2) is 0 Å². The number of ether oxygens (including phenoxy) is 1. The van der Waals surface area contributed by atoms with Crippen molar-refractivity contribution < 1.29 is 19.4 Å². The van der Waals surface area contributed by atoms with E-state index in [0.29, 0.717) is 12.8 Å². The van der Waals surface area contributed by atoms with Crippen molar-refractivity contribution in [3.05, 3.63) is 0 Å². The average Bonchev–Trinajstić information content (AvgIpc) is 2.71. The third-order valence-corrected chi connectivity index (χ3v) is 6.42. The van der Waals surface area contributed by atoms with E-state index in [-0.39, 0.29) is 12.1 Å². The first-order valence-electron chi connectivity index (χ1n) is 12.5. The smallest absolute Gasteiger partial charge is 0.310 e. The number of rotatable bonds is 17. The van der Waals surface area contributed by atoms with Crippen molar-refractivity contribution in [3.63, 3.8) is 0 Å². The van der Waals surface area contributed by atoms with Gasteiger partial charge in [0.2, 0.25) is 0 Å². The molecule has 1 N–H and O–H groups in total. The van der Waals surface area contributed by atoms with Gasteiger partial charge in [-0.3, -0.25) is 9.59 Å². The molecule has 1 fully saturated rings. The Hall–Kier alpha value is -1.06. The van der Waals surface area contributed by atoms with E-state index >= 15 is 0 Å². The van der Waals surface area contributed by atoms with Crippen molar-refractivity contribution in [2.24, 2.45) is 11.8 Å². The van der Waals surface area contributed by atoms with Crippen LogP contribution in [0, 0.1) is 11.8 Å². The van der Waals surface area contributed by atoms with Gasteiger partial charge in [-0.05, 0) is 32.6 Å². The summed E-state index contributed by atoms with van der Waals surface area (Å²) in [5.41, 5.74) is 0. The van der Waals surface area contributed by atoms with Gasteiger partial charge < -0.3 is 9.84 Å². The van der Waals surface area contributed by atoms with Crippen LogP contribution in [0.5, 0.6) is 0 Å². The Morgan fingerprint density at radius 2 is 1.24 bits per heavy atom. The summed E-state index contributed by atoms with van der Waals surface area (Å²) in [6, 6.07) is 0. The average molecular weight is 411 g/mol. The Morgan fingerprint density at radius 3 is 1.72 bits per heavy atom. The molecular formula is C25H46O4. The van der Waals surface area contributed by atoms with E-state index in [1.807, 2.05) is 6.92 Å². The molecule has 0 aromatic carbocycles. The third-order valence-electron chi connectivity index (χ3n) is 6.42. The minimum absolute atomic E-state index is 0.105. The van der Waals surface area contributed by atoms with Gasteiger partial charge >= 0.3 is 11.9 Å². The molecule has 1 aliphatic carbocycles. The highest BCUT2D eigenvalue weighted by atomic mass is 16.5. The molecule has 0 aliphatic heterocycles. The van der Waals surface area contributed by atoms with Gasteiger partial charge in [-0.2, -0.15) is 0 Å². The fraction of sp³-hybridized carbons (Fsp3) is 0.920. The third kappa shape index (κ3) is 12.3. The van der Waals surface area contributed by atoms with Gasteiger partial charge in [-0.1, -0.05) is 96.8 Å². The molecule has 3 unspecified atom stereocenters. The zero-order valence-electron chi connectivity index (χ0n) is 19.1. The summed E-state index contributed by atoms with van der Waals surface area (Å²) < 4.78 is 5.58. The van der Waals surface area contributed by atoms with Crippen LogP contribution in [-0.4, -0.2) is 23.1 Å². The number of carboxylic acids is 1. The van der Waals surface area contributed by atoms with Crippen LogP contribution in [0.3, 0.4) is 0 Å². The van der Waals surface area contributed by atoms with E-state index in [0.717, 1.165) is 25.7 Å². The zero-order valence-corrected chi connectivity index (χ0v) is 19.1. The fourth-order valence-electron chi connectivity index (χ4n) is 4.50. The molecule has 0 amide bonds. The number of carbonyl (C=O) groups is 2. The standard InChI is InChI=1S/C25H46O4/c1-3-4-5-6-7-8-9-10-11-12-13-14-15-18-21(2)29-25(28)23-20-17-16-19-22(23)24(26)27/h21-23H,3-20H2,1-2H3,(H,26,27). The lowest BCUT2D eigenvalue weighted by Crippen LogP contribution is -2.35. The van der Waals surface area contributed by atoms with Crippen molar-refractivity contribution in [3.8, 4) is 0 Å². The Bertz CT molecular complexity index is 435. The maximum Gasteiger partial charge on any atom is 0.310 e. The first-order chi connectivity index (χ1) is 14.1. The fourth-order valence-corrected chi connectivity index (χ4v) is 4.50. The van der Waals surface area contributed by atoms with Crippen LogP contribution < -0.4 is 0 Å². The lowest BCUT2D eigenvalue weighted by molar-refractivity contribution is -0.163. The Labute approximate surface area is 179 Å². The van der Waals surface area contributed by atoms with E-state index in [1.54, 1.807) is 0 Å². The van der Waals surface area contributed by atoms with Gasteiger partial charge in [-0.15, -0.1) is 0 Å². The molecule has 4 heteroatoms. The second-order valence-electron chi connectivity index (χ2n) is 9.11. The normalized spacial score (nSPS) is 20.3. The number of carbonyl (C=O) groups excluding carboxylic acids is 1. The van der Waals surface area contributed by atoms with Crippen LogP contribution in [0.25, 0.3) is 0 Å². The summed E-state index contributed by atoms with van der Waals surface area (Å²) in [4.78, 5) is 23.7. The maximum absolute atomic E-state index is 12.4. The summed E-state index contributed by atoms with van der Waals surface area (Å²) in [5.74, 6) is -2.15. The molecule has 0 saturated heterocycles. The largest absolute Gasteiger partial charge is 0.481 e. The van der Waals surface area contributed by atoms with Crippen LogP contribution in [0.1, 0.15) is 129 Å². The molecule has 0 spiro atoms. The molecule has 0 aromatic heterocycles. The van der Waals surface area contributed by atoms with E-state index < -0.39 is 17.8 Å². The summed E-state index contributed by atoms with van der Waals surface area (Å²) >= 11 is 0. The Balaban J connectivity index is 1.98. The Kier molecular flexibility index (Phi) is 15.0. The molecule has 0 bridgehead atoms. The lowest BCUT2D eigenvalue weighted by Gasteiger charge is -2.28. The SMILES string of the molecule is CCCCCCCCCCCCCCCC(C)OC(=O)C1CCCCC1C(=O)O. The minimum Gasteiger partial charge on any atom is -0.481 e. The summed E-state index contributed by atoms with van der Waals surface area (Å²) in [7, 11) is 0. The van der Waals surface area contributed by atoms with Crippen LogP contribution >= 0.6 is 0 Å². The molecule has 0 aromatic rings.